The fraction of sp³-hybridized carbons (Fsp3) is 0.300. The van der Waals surface area contributed by atoms with E-state index in [2.05, 4.69) is 14.7 Å². The largest absolute Gasteiger partial charge is 0.481 e. The number of carbonyl (C=O) groups excluding carboxylic acids is 1. The van der Waals surface area contributed by atoms with Crippen molar-refractivity contribution < 1.29 is 19.0 Å². The lowest BCUT2D eigenvalue weighted by Gasteiger charge is -2.03. The summed E-state index contributed by atoms with van der Waals surface area (Å²) >= 11 is 0. The van der Waals surface area contributed by atoms with Crippen molar-refractivity contribution in [2.24, 2.45) is 0 Å². The summed E-state index contributed by atoms with van der Waals surface area (Å²) in [6, 6.07) is 1.54. The predicted octanol–water partition coefficient (Wildman–Crippen LogP) is 0.680. The highest BCUT2D eigenvalue weighted by atomic mass is 16.5. The van der Waals surface area contributed by atoms with Crippen molar-refractivity contribution in [2.45, 2.75) is 0 Å². The number of ether oxygens (including phenoxy) is 3. The van der Waals surface area contributed by atoms with Gasteiger partial charge >= 0.3 is 5.97 Å². The zero-order chi connectivity index (χ0) is 12.0. The third-order valence-electron chi connectivity index (χ3n) is 1.68. The molecule has 0 aliphatic carbocycles. The monoisotopic (exact) mass is 224 g/mol. The molecule has 0 saturated heterocycles. The Balaban J connectivity index is 2.95. The minimum atomic E-state index is -0.481. The van der Waals surface area contributed by atoms with Crippen molar-refractivity contribution in [3.8, 4) is 11.8 Å². The van der Waals surface area contributed by atoms with Crippen LogP contribution >= 0.6 is 0 Å². The molecule has 0 aliphatic heterocycles. The van der Waals surface area contributed by atoms with E-state index in [9.17, 15) is 4.79 Å². The van der Waals surface area contributed by atoms with Gasteiger partial charge in [0, 0.05) is 6.08 Å². The average Bonchev–Trinajstić information content (AvgIpc) is 2.35. The molecule has 0 bridgehead atoms. The molecular weight excluding hydrogens is 212 g/mol. The quantitative estimate of drug-likeness (QED) is 0.553. The molecule has 0 atom stereocenters. The third-order valence-corrected chi connectivity index (χ3v) is 1.68. The Bertz CT molecular complexity index is 382. The second-order valence-electron chi connectivity index (χ2n) is 2.67. The van der Waals surface area contributed by atoms with Crippen LogP contribution in [0.5, 0.6) is 11.8 Å². The minimum Gasteiger partial charge on any atom is -0.481 e. The van der Waals surface area contributed by atoms with Gasteiger partial charge in [0.25, 0.3) is 0 Å². The van der Waals surface area contributed by atoms with Gasteiger partial charge < -0.3 is 14.2 Å². The van der Waals surface area contributed by atoms with Gasteiger partial charge in [-0.25, -0.2) is 4.79 Å². The maximum Gasteiger partial charge on any atom is 0.330 e. The van der Waals surface area contributed by atoms with Crippen LogP contribution in [0.25, 0.3) is 6.08 Å². The van der Waals surface area contributed by atoms with Crippen LogP contribution in [0, 0.1) is 0 Å². The highest BCUT2D eigenvalue weighted by Crippen LogP contribution is 2.15. The summed E-state index contributed by atoms with van der Waals surface area (Å²) in [6.45, 7) is 0. The first-order valence-corrected chi connectivity index (χ1v) is 4.42. The van der Waals surface area contributed by atoms with Crippen LogP contribution in [0.2, 0.25) is 0 Å². The van der Waals surface area contributed by atoms with E-state index in [-0.39, 0.29) is 0 Å². The van der Waals surface area contributed by atoms with Gasteiger partial charge in [0.1, 0.15) is 0 Å². The lowest BCUT2D eigenvalue weighted by Crippen LogP contribution is -1.98. The summed E-state index contributed by atoms with van der Waals surface area (Å²) in [4.78, 5) is 18.9. The van der Waals surface area contributed by atoms with Gasteiger partial charge in [0.05, 0.1) is 27.4 Å². The lowest BCUT2D eigenvalue weighted by atomic mass is 10.4. The Morgan fingerprint density at radius 3 is 2.19 bits per heavy atom. The molecule has 0 amide bonds. The van der Waals surface area contributed by atoms with Gasteiger partial charge in [0.2, 0.25) is 11.8 Å². The van der Waals surface area contributed by atoms with Crippen molar-refractivity contribution >= 4 is 12.0 Å². The Morgan fingerprint density at radius 2 is 1.75 bits per heavy atom. The molecule has 16 heavy (non-hydrogen) atoms. The molecule has 1 aromatic heterocycles. The van der Waals surface area contributed by atoms with Gasteiger partial charge in [-0.1, -0.05) is 0 Å². The summed E-state index contributed by atoms with van der Waals surface area (Å²) in [5.74, 6) is 0.541. The maximum atomic E-state index is 10.9. The molecule has 0 N–H and O–H groups in total. The molecule has 1 rings (SSSR count). The van der Waals surface area contributed by atoms with Crippen LogP contribution in [0.15, 0.2) is 12.1 Å². The SMILES string of the molecule is COC(=O)C=Cc1nc(OC)cc(OC)n1. The normalized spacial score (nSPS) is 10.2. The van der Waals surface area contributed by atoms with Crippen LogP contribution < -0.4 is 9.47 Å². The fourth-order valence-corrected chi connectivity index (χ4v) is 0.915. The lowest BCUT2D eigenvalue weighted by molar-refractivity contribution is -0.134. The smallest absolute Gasteiger partial charge is 0.330 e. The number of hydrogen-bond donors (Lipinski definition) is 0. The molecule has 6 heteroatoms. The number of esters is 1. The van der Waals surface area contributed by atoms with Gasteiger partial charge in [-0.05, 0) is 6.08 Å². The standard InChI is InChI=1S/C10H12N2O4/c1-14-8-6-9(15-2)12-7(11-8)4-5-10(13)16-3/h4-6H,1-3H3. The Hall–Kier alpha value is -2.11. The van der Waals surface area contributed by atoms with Crippen LogP contribution in [0.1, 0.15) is 5.82 Å². The van der Waals surface area contributed by atoms with E-state index >= 15 is 0 Å². The Labute approximate surface area is 92.9 Å². The van der Waals surface area contributed by atoms with Gasteiger partial charge in [0.15, 0.2) is 5.82 Å². The number of hydrogen-bond acceptors (Lipinski definition) is 6. The van der Waals surface area contributed by atoms with Crippen LogP contribution in [-0.2, 0) is 9.53 Å². The summed E-state index contributed by atoms with van der Waals surface area (Å²) in [6.07, 6.45) is 2.63. The van der Waals surface area contributed by atoms with Crippen LogP contribution in [-0.4, -0.2) is 37.3 Å². The van der Waals surface area contributed by atoms with E-state index < -0.39 is 5.97 Å². The molecule has 1 heterocycles. The number of carbonyl (C=O) groups is 1. The number of rotatable bonds is 4. The molecule has 0 spiro atoms. The fourth-order valence-electron chi connectivity index (χ4n) is 0.915. The first-order valence-electron chi connectivity index (χ1n) is 4.42. The van der Waals surface area contributed by atoms with Gasteiger partial charge in [-0.2, -0.15) is 9.97 Å². The molecule has 0 saturated carbocycles. The van der Waals surface area contributed by atoms with E-state index in [0.29, 0.717) is 17.6 Å². The van der Waals surface area contributed by atoms with E-state index in [4.69, 9.17) is 9.47 Å². The third kappa shape index (κ3) is 3.23. The zero-order valence-corrected chi connectivity index (χ0v) is 9.26. The zero-order valence-electron chi connectivity index (χ0n) is 9.26. The highest BCUT2D eigenvalue weighted by Gasteiger charge is 2.03. The molecule has 0 unspecified atom stereocenters. The Kier molecular flexibility index (Phi) is 4.26. The minimum absolute atomic E-state index is 0.307. The number of methoxy groups -OCH3 is 3. The van der Waals surface area contributed by atoms with Gasteiger partial charge in [-0.15, -0.1) is 0 Å². The van der Waals surface area contributed by atoms with E-state index in [1.807, 2.05) is 0 Å². The van der Waals surface area contributed by atoms with Crippen molar-refractivity contribution in [1.29, 1.82) is 0 Å². The van der Waals surface area contributed by atoms with Crippen molar-refractivity contribution in [1.82, 2.24) is 9.97 Å². The summed E-state index contributed by atoms with van der Waals surface area (Å²) in [5, 5.41) is 0. The predicted molar refractivity (Wildman–Crippen MR) is 56.2 cm³/mol. The van der Waals surface area contributed by atoms with Crippen molar-refractivity contribution in [3.63, 3.8) is 0 Å². The van der Waals surface area contributed by atoms with E-state index in [1.165, 1.54) is 39.5 Å². The average molecular weight is 224 g/mol. The summed E-state index contributed by atoms with van der Waals surface area (Å²) in [7, 11) is 4.25. The number of nitrogens with zero attached hydrogens (tertiary/aromatic N) is 2. The molecule has 86 valence electrons. The molecule has 0 aromatic carbocycles. The summed E-state index contributed by atoms with van der Waals surface area (Å²) < 4.78 is 14.3. The highest BCUT2D eigenvalue weighted by molar-refractivity contribution is 5.86. The first-order chi connectivity index (χ1) is 7.69. The van der Waals surface area contributed by atoms with E-state index in [1.54, 1.807) is 0 Å². The van der Waals surface area contributed by atoms with Crippen molar-refractivity contribution in [3.05, 3.63) is 18.0 Å². The number of aromatic nitrogens is 2. The molecule has 0 aliphatic rings. The second kappa shape index (κ2) is 5.69. The van der Waals surface area contributed by atoms with Crippen molar-refractivity contribution in [2.75, 3.05) is 21.3 Å². The first kappa shape index (κ1) is 12.0. The van der Waals surface area contributed by atoms with Crippen LogP contribution in [0.4, 0.5) is 0 Å². The topological polar surface area (TPSA) is 70.5 Å². The van der Waals surface area contributed by atoms with Crippen LogP contribution in [0.3, 0.4) is 0 Å². The molecule has 0 fully saturated rings. The molecule has 0 radical (unpaired) electrons. The van der Waals surface area contributed by atoms with Gasteiger partial charge in [-0.3, -0.25) is 0 Å². The summed E-state index contributed by atoms with van der Waals surface area (Å²) in [5.41, 5.74) is 0. The molecular formula is C10H12N2O4. The Morgan fingerprint density at radius 1 is 1.19 bits per heavy atom. The molecule has 6 nitrogen and oxygen atoms in total. The van der Waals surface area contributed by atoms with E-state index in [0.717, 1.165) is 0 Å². The molecule has 1 aromatic rings. The second-order valence-corrected chi connectivity index (χ2v) is 2.67. The maximum absolute atomic E-state index is 10.9.